The van der Waals surface area contributed by atoms with Gasteiger partial charge in [0.15, 0.2) is 17.6 Å². The smallest absolute Gasteiger partial charge is 0.236 e. The molecule has 0 saturated carbocycles. The van der Waals surface area contributed by atoms with Crippen molar-refractivity contribution in [2.75, 3.05) is 45.9 Å². The minimum Gasteiger partial charge on any atom is -0.486 e. The summed E-state index contributed by atoms with van der Waals surface area (Å²) in [5, 5.41) is 3.35. The van der Waals surface area contributed by atoms with Crippen molar-refractivity contribution in [1.29, 1.82) is 0 Å². The molecule has 1 fully saturated rings. The quantitative estimate of drug-likeness (QED) is 0.870. The summed E-state index contributed by atoms with van der Waals surface area (Å²) in [6.07, 6.45) is -0.121. The van der Waals surface area contributed by atoms with Crippen LogP contribution in [0.4, 0.5) is 0 Å². The van der Waals surface area contributed by atoms with Crippen LogP contribution in [-0.4, -0.2) is 73.7 Å². The summed E-state index contributed by atoms with van der Waals surface area (Å²) in [5.74, 6) is 1.69. The molecule has 1 aromatic rings. The minimum atomic E-state index is -0.121. The number of nitrogens with zero attached hydrogens (tertiary/aromatic N) is 2. The van der Waals surface area contributed by atoms with Gasteiger partial charge in [-0.15, -0.1) is 0 Å². The zero-order valence-electron chi connectivity index (χ0n) is 14.5. The average molecular weight is 333 g/mol. The molecular formula is C18H27N3O3. The second-order valence-corrected chi connectivity index (χ2v) is 6.45. The fraction of sp³-hybridized carbons (Fsp3) is 0.611. The first kappa shape index (κ1) is 17.0. The standard InChI is InChI=1S/C18H27N3O3/c1-3-20(18(22)12-21-9-8-19-10-14(21)2)11-15-13-23-16-6-4-5-7-17(16)24-15/h4-7,14-15,19H,3,8-13H2,1-2H3/t14-,15?/m0/s1. The number of fused-ring (bicyclic) bond motifs is 1. The van der Waals surface area contributed by atoms with Crippen molar-refractivity contribution in [2.45, 2.75) is 26.0 Å². The second-order valence-electron chi connectivity index (χ2n) is 6.45. The monoisotopic (exact) mass is 333 g/mol. The number of benzene rings is 1. The number of carbonyl (C=O) groups excluding carboxylic acids is 1. The number of nitrogens with one attached hydrogen (secondary N) is 1. The van der Waals surface area contributed by atoms with Crippen molar-refractivity contribution in [3.05, 3.63) is 24.3 Å². The van der Waals surface area contributed by atoms with Gasteiger partial charge in [-0.05, 0) is 26.0 Å². The van der Waals surface area contributed by atoms with Crippen molar-refractivity contribution in [3.63, 3.8) is 0 Å². The lowest BCUT2D eigenvalue weighted by molar-refractivity contribution is -0.134. The molecule has 6 nitrogen and oxygen atoms in total. The Balaban J connectivity index is 1.55. The highest BCUT2D eigenvalue weighted by Crippen LogP contribution is 2.31. The Bertz CT molecular complexity index is 566. The predicted molar refractivity (Wildman–Crippen MR) is 92.5 cm³/mol. The van der Waals surface area contributed by atoms with Gasteiger partial charge in [0.05, 0.1) is 13.1 Å². The largest absolute Gasteiger partial charge is 0.486 e. The topological polar surface area (TPSA) is 54.0 Å². The molecule has 1 aromatic carbocycles. The Hall–Kier alpha value is -1.79. The van der Waals surface area contributed by atoms with Crippen LogP contribution in [0.5, 0.6) is 11.5 Å². The van der Waals surface area contributed by atoms with E-state index in [1.165, 1.54) is 0 Å². The van der Waals surface area contributed by atoms with Gasteiger partial charge < -0.3 is 19.7 Å². The van der Waals surface area contributed by atoms with Crippen LogP contribution in [0.25, 0.3) is 0 Å². The van der Waals surface area contributed by atoms with Crippen LogP contribution in [0.1, 0.15) is 13.8 Å². The molecule has 0 radical (unpaired) electrons. The number of para-hydroxylation sites is 2. The number of rotatable bonds is 5. The molecule has 2 heterocycles. The maximum atomic E-state index is 12.7. The third kappa shape index (κ3) is 3.99. The van der Waals surface area contributed by atoms with E-state index in [0.717, 1.165) is 31.1 Å². The number of amides is 1. The summed E-state index contributed by atoms with van der Waals surface area (Å²) in [7, 11) is 0. The third-order valence-corrected chi connectivity index (χ3v) is 4.70. The SMILES string of the molecule is CCN(CC1COc2ccccc2O1)C(=O)CN1CCNC[C@@H]1C. The molecule has 1 N–H and O–H groups in total. The van der Waals surface area contributed by atoms with Crippen molar-refractivity contribution in [1.82, 2.24) is 15.1 Å². The van der Waals surface area contributed by atoms with E-state index in [4.69, 9.17) is 9.47 Å². The molecule has 1 saturated heterocycles. The Morgan fingerprint density at radius 2 is 2.17 bits per heavy atom. The van der Waals surface area contributed by atoms with Crippen molar-refractivity contribution < 1.29 is 14.3 Å². The Morgan fingerprint density at radius 1 is 1.38 bits per heavy atom. The maximum Gasteiger partial charge on any atom is 0.236 e. The van der Waals surface area contributed by atoms with Crippen LogP contribution in [0, 0.1) is 0 Å². The van der Waals surface area contributed by atoms with Crippen LogP contribution in [0.15, 0.2) is 24.3 Å². The van der Waals surface area contributed by atoms with E-state index >= 15 is 0 Å². The lowest BCUT2D eigenvalue weighted by Crippen LogP contribution is -2.54. The first-order valence-electron chi connectivity index (χ1n) is 8.78. The van der Waals surface area contributed by atoms with Crippen molar-refractivity contribution >= 4 is 5.91 Å². The highest BCUT2D eigenvalue weighted by molar-refractivity contribution is 5.78. The molecule has 2 aliphatic rings. The molecule has 2 atom stereocenters. The van der Waals surface area contributed by atoms with Crippen LogP contribution >= 0.6 is 0 Å². The molecule has 6 heteroatoms. The van der Waals surface area contributed by atoms with Crippen LogP contribution in [-0.2, 0) is 4.79 Å². The van der Waals surface area contributed by atoms with Crippen LogP contribution in [0.3, 0.4) is 0 Å². The fourth-order valence-corrected chi connectivity index (χ4v) is 3.20. The van der Waals surface area contributed by atoms with Crippen molar-refractivity contribution in [3.8, 4) is 11.5 Å². The molecule has 0 spiro atoms. The second kappa shape index (κ2) is 7.85. The lowest BCUT2D eigenvalue weighted by atomic mass is 10.2. The molecule has 0 aliphatic carbocycles. The number of hydrogen-bond acceptors (Lipinski definition) is 5. The van der Waals surface area contributed by atoms with Gasteiger partial charge in [-0.25, -0.2) is 0 Å². The van der Waals surface area contributed by atoms with Gasteiger partial charge in [0.25, 0.3) is 0 Å². The summed E-state index contributed by atoms with van der Waals surface area (Å²) in [6.45, 7) is 9.16. The first-order chi connectivity index (χ1) is 11.7. The molecule has 1 unspecified atom stereocenters. The molecule has 0 aromatic heterocycles. The van der Waals surface area contributed by atoms with E-state index in [1.807, 2.05) is 36.1 Å². The van der Waals surface area contributed by atoms with Gasteiger partial charge >= 0.3 is 0 Å². The molecule has 3 rings (SSSR count). The zero-order valence-corrected chi connectivity index (χ0v) is 14.5. The maximum absolute atomic E-state index is 12.7. The molecule has 0 bridgehead atoms. The predicted octanol–water partition coefficient (Wildman–Crippen LogP) is 0.969. The van der Waals surface area contributed by atoms with E-state index in [0.29, 0.717) is 32.3 Å². The Kier molecular flexibility index (Phi) is 5.58. The van der Waals surface area contributed by atoms with Crippen molar-refractivity contribution in [2.24, 2.45) is 0 Å². The molecule has 24 heavy (non-hydrogen) atoms. The lowest BCUT2D eigenvalue weighted by Gasteiger charge is -2.36. The molecule has 2 aliphatic heterocycles. The number of carbonyl (C=O) groups is 1. The molecular weight excluding hydrogens is 306 g/mol. The van der Waals surface area contributed by atoms with Gasteiger partial charge in [-0.1, -0.05) is 12.1 Å². The van der Waals surface area contributed by atoms with E-state index < -0.39 is 0 Å². The number of ether oxygens (including phenoxy) is 2. The number of likely N-dealkylation sites (N-methyl/N-ethyl adjacent to an activating group) is 1. The van der Waals surface area contributed by atoms with E-state index in [2.05, 4.69) is 17.1 Å². The minimum absolute atomic E-state index is 0.121. The summed E-state index contributed by atoms with van der Waals surface area (Å²) in [4.78, 5) is 16.8. The fourth-order valence-electron chi connectivity index (χ4n) is 3.20. The Morgan fingerprint density at radius 3 is 2.92 bits per heavy atom. The average Bonchev–Trinajstić information content (AvgIpc) is 2.61. The van der Waals surface area contributed by atoms with Gasteiger partial charge in [-0.2, -0.15) is 0 Å². The molecule has 132 valence electrons. The summed E-state index contributed by atoms with van der Waals surface area (Å²) in [6, 6.07) is 8.06. The summed E-state index contributed by atoms with van der Waals surface area (Å²) < 4.78 is 11.7. The van der Waals surface area contributed by atoms with Gasteiger partial charge in [0, 0.05) is 32.2 Å². The zero-order chi connectivity index (χ0) is 16.9. The Labute approximate surface area is 143 Å². The summed E-state index contributed by atoms with van der Waals surface area (Å²) in [5.41, 5.74) is 0. The highest BCUT2D eigenvalue weighted by Gasteiger charge is 2.27. The number of piperazine rings is 1. The number of hydrogen-bond donors (Lipinski definition) is 1. The van der Waals surface area contributed by atoms with E-state index in [-0.39, 0.29) is 12.0 Å². The van der Waals surface area contributed by atoms with Gasteiger partial charge in [0.2, 0.25) is 5.91 Å². The van der Waals surface area contributed by atoms with E-state index in [1.54, 1.807) is 0 Å². The first-order valence-corrected chi connectivity index (χ1v) is 8.78. The van der Waals surface area contributed by atoms with Gasteiger partial charge in [-0.3, -0.25) is 9.69 Å². The highest BCUT2D eigenvalue weighted by atomic mass is 16.6. The normalized spacial score (nSPS) is 23.8. The third-order valence-electron chi connectivity index (χ3n) is 4.70. The van der Waals surface area contributed by atoms with Gasteiger partial charge in [0.1, 0.15) is 6.61 Å². The summed E-state index contributed by atoms with van der Waals surface area (Å²) >= 11 is 0. The van der Waals surface area contributed by atoms with Crippen LogP contribution < -0.4 is 14.8 Å². The van der Waals surface area contributed by atoms with Crippen LogP contribution in [0.2, 0.25) is 0 Å². The van der Waals surface area contributed by atoms with E-state index in [9.17, 15) is 4.79 Å². The molecule has 1 amide bonds.